The number of ether oxygens (including phenoxy) is 1. The number of benzene rings is 1. The minimum absolute atomic E-state index is 0.0328. The summed E-state index contributed by atoms with van der Waals surface area (Å²) in [5.41, 5.74) is 1.45. The van der Waals surface area contributed by atoms with E-state index in [2.05, 4.69) is 17.6 Å². The fourth-order valence-corrected chi connectivity index (χ4v) is 4.88. The van der Waals surface area contributed by atoms with E-state index in [0.717, 1.165) is 29.5 Å². The van der Waals surface area contributed by atoms with Crippen LogP contribution in [-0.2, 0) is 14.3 Å². The SMILES string of the molecule is CCCC(C)NC(=O)C(c1ccc(C)cc1C)N(C(=O)C(CCSC)NC(=O)OC(C)(C)C)C(C)(C)CC. The molecule has 3 unspecified atom stereocenters. The lowest BCUT2D eigenvalue weighted by atomic mass is 9.89. The van der Waals surface area contributed by atoms with Crippen molar-refractivity contribution in [2.75, 3.05) is 12.0 Å². The molecule has 7 nitrogen and oxygen atoms in total. The zero-order valence-electron chi connectivity index (χ0n) is 25.5. The fraction of sp³-hybridized carbons (Fsp3) is 0.700. The summed E-state index contributed by atoms with van der Waals surface area (Å²) in [4.78, 5) is 42.9. The Hall–Kier alpha value is -2.22. The quantitative estimate of drug-likeness (QED) is 0.301. The molecule has 0 spiro atoms. The first-order chi connectivity index (χ1) is 17.6. The average Bonchev–Trinajstić information content (AvgIpc) is 2.79. The van der Waals surface area contributed by atoms with Crippen molar-refractivity contribution < 1.29 is 19.1 Å². The van der Waals surface area contributed by atoms with Crippen LogP contribution in [0.4, 0.5) is 4.79 Å². The molecule has 0 aromatic heterocycles. The minimum atomic E-state index is -0.852. The molecule has 0 fully saturated rings. The van der Waals surface area contributed by atoms with Crippen LogP contribution in [0.25, 0.3) is 0 Å². The van der Waals surface area contributed by atoms with Crippen molar-refractivity contribution in [2.24, 2.45) is 0 Å². The van der Waals surface area contributed by atoms with Gasteiger partial charge in [-0.15, -0.1) is 0 Å². The average molecular weight is 550 g/mol. The molecule has 216 valence electrons. The van der Waals surface area contributed by atoms with Crippen LogP contribution < -0.4 is 10.6 Å². The molecule has 0 saturated carbocycles. The molecule has 1 rings (SSSR count). The number of nitrogens with zero attached hydrogens (tertiary/aromatic N) is 1. The first kappa shape index (κ1) is 33.8. The molecule has 0 aliphatic rings. The van der Waals surface area contributed by atoms with Gasteiger partial charge in [-0.05, 0) is 97.8 Å². The van der Waals surface area contributed by atoms with E-state index in [-0.39, 0.29) is 17.9 Å². The Morgan fingerprint density at radius 3 is 2.16 bits per heavy atom. The normalized spacial score (nSPS) is 14.3. The second-order valence-corrected chi connectivity index (χ2v) is 12.8. The Labute approximate surface area is 235 Å². The summed E-state index contributed by atoms with van der Waals surface area (Å²) in [7, 11) is 0. The lowest BCUT2D eigenvalue weighted by Crippen LogP contribution is -2.60. The largest absolute Gasteiger partial charge is 0.444 e. The van der Waals surface area contributed by atoms with Crippen molar-refractivity contribution in [3.8, 4) is 0 Å². The number of carbonyl (C=O) groups is 3. The van der Waals surface area contributed by atoms with Gasteiger partial charge in [0.15, 0.2) is 0 Å². The molecule has 0 heterocycles. The standard InChI is InChI=1S/C30H51N3O4S/c1-12-14-22(5)31-26(34)25(23-16-15-20(3)19-21(23)4)33(30(9,10)13-2)27(35)24(17-18-38-11)32-28(36)37-29(6,7)8/h15-16,19,22,24-25H,12-14,17-18H2,1-11H3,(H,31,34)(H,32,36). The van der Waals surface area contributed by atoms with E-state index < -0.39 is 29.3 Å². The summed E-state index contributed by atoms with van der Waals surface area (Å²) in [6.07, 6.45) is 4.14. The van der Waals surface area contributed by atoms with Gasteiger partial charge in [0, 0.05) is 11.6 Å². The van der Waals surface area contributed by atoms with Crippen LogP contribution >= 0.6 is 11.8 Å². The Morgan fingerprint density at radius 2 is 1.66 bits per heavy atom. The Bertz CT molecular complexity index is 942. The zero-order valence-corrected chi connectivity index (χ0v) is 26.3. The maximum atomic E-state index is 14.4. The summed E-state index contributed by atoms with van der Waals surface area (Å²) < 4.78 is 5.49. The van der Waals surface area contributed by atoms with E-state index in [1.54, 1.807) is 37.4 Å². The highest BCUT2D eigenvalue weighted by Crippen LogP contribution is 2.34. The van der Waals surface area contributed by atoms with Crippen molar-refractivity contribution >= 4 is 29.7 Å². The minimum Gasteiger partial charge on any atom is -0.444 e. The van der Waals surface area contributed by atoms with Crippen LogP contribution in [-0.4, -0.2) is 58.0 Å². The van der Waals surface area contributed by atoms with Gasteiger partial charge in [-0.25, -0.2) is 4.79 Å². The first-order valence-electron chi connectivity index (χ1n) is 13.8. The number of hydrogen-bond donors (Lipinski definition) is 2. The van der Waals surface area contributed by atoms with Crippen molar-refractivity contribution in [3.63, 3.8) is 0 Å². The summed E-state index contributed by atoms with van der Waals surface area (Å²) in [6.45, 7) is 19.4. The molecule has 0 bridgehead atoms. The highest BCUT2D eigenvalue weighted by Gasteiger charge is 2.43. The van der Waals surface area contributed by atoms with E-state index in [1.165, 1.54) is 0 Å². The highest BCUT2D eigenvalue weighted by atomic mass is 32.2. The highest BCUT2D eigenvalue weighted by molar-refractivity contribution is 7.98. The Morgan fingerprint density at radius 1 is 1.03 bits per heavy atom. The molecular weight excluding hydrogens is 498 g/mol. The van der Waals surface area contributed by atoms with Gasteiger partial charge in [0.05, 0.1) is 0 Å². The van der Waals surface area contributed by atoms with Gasteiger partial charge in [-0.2, -0.15) is 11.8 Å². The van der Waals surface area contributed by atoms with Crippen LogP contribution in [0.1, 0.15) is 104 Å². The third-order valence-electron chi connectivity index (χ3n) is 6.69. The predicted octanol–water partition coefficient (Wildman–Crippen LogP) is 6.31. The number of carbonyl (C=O) groups excluding carboxylic acids is 3. The van der Waals surface area contributed by atoms with Crippen molar-refractivity contribution in [1.29, 1.82) is 0 Å². The lowest BCUT2D eigenvalue weighted by molar-refractivity contribution is -0.149. The molecule has 0 aliphatic heterocycles. The molecule has 1 aromatic carbocycles. The first-order valence-corrected chi connectivity index (χ1v) is 15.2. The van der Waals surface area contributed by atoms with Gasteiger partial charge in [-0.1, -0.05) is 44.0 Å². The lowest BCUT2D eigenvalue weighted by Gasteiger charge is -2.45. The fourth-order valence-electron chi connectivity index (χ4n) is 4.41. The molecular formula is C30H51N3O4S. The van der Waals surface area contributed by atoms with Gasteiger partial charge in [0.25, 0.3) is 0 Å². The molecule has 3 amide bonds. The third-order valence-corrected chi connectivity index (χ3v) is 7.34. The number of alkyl carbamates (subject to hydrolysis) is 1. The maximum Gasteiger partial charge on any atom is 0.408 e. The Kier molecular flexibility index (Phi) is 13.2. The maximum absolute atomic E-state index is 14.4. The van der Waals surface area contributed by atoms with Crippen molar-refractivity contribution in [3.05, 3.63) is 34.9 Å². The molecule has 0 aliphatic carbocycles. The molecule has 38 heavy (non-hydrogen) atoms. The van der Waals surface area contributed by atoms with Crippen LogP contribution in [0.3, 0.4) is 0 Å². The second kappa shape index (κ2) is 14.8. The van der Waals surface area contributed by atoms with Crippen LogP contribution in [0.2, 0.25) is 0 Å². The van der Waals surface area contributed by atoms with Gasteiger partial charge < -0.3 is 20.3 Å². The van der Waals surface area contributed by atoms with Crippen LogP contribution in [0.15, 0.2) is 18.2 Å². The number of rotatable bonds is 13. The van der Waals surface area contributed by atoms with E-state index in [0.29, 0.717) is 18.6 Å². The number of nitrogens with one attached hydrogen (secondary N) is 2. The summed E-state index contributed by atoms with van der Waals surface area (Å²) in [5.74, 6) is 0.161. The number of aryl methyl sites for hydroxylation is 2. The number of amides is 3. The molecule has 0 radical (unpaired) electrons. The van der Waals surface area contributed by atoms with Crippen LogP contribution in [0, 0.1) is 13.8 Å². The molecule has 3 atom stereocenters. The third kappa shape index (κ3) is 10.2. The van der Waals surface area contributed by atoms with Gasteiger partial charge in [0.2, 0.25) is 11.8 Å². The Balaban J connectivity index is 3.69. The monoisotopic (exact) mass is 549 g/mol. The molecule has 2 N–H and O–H groups in total. The van der Waals surface area contributed by atoms with Gasteiger partial charge in [0.1, 0.15) is 17.7 Å². The predicted molar refractivity (Wildman–Crippen MR) is 159 cm³/mol. The number of hydrogen-bond acceptors (Lipinski definition) is 5. The van der Waals surface area contributed by atoms with Crippen molar-refractivity contribution in [1.82, 2.24) is 15.5 Å². The van der Waals surface area contributed by atoms with Gasteiger partial charge in [-0.3, -0.25) is 9.59 Å². The topological polar surface area (TPSA) is 87.7 Å². The summed E-state index contributed by atoms with van der Waals surface area (Å²) in [5, 5.41) is 5.98. The van der Waals surface area contributed by atoms with Gasteiger partial charge >= 0.3 is 6.09 Å². The molecule has 1 aromatic rings. The molecule has 8 heteroatoms. The smallest absolute Gasteiger partial charge is 0.408 e. The van der Waals surface area contributed by atoms with E-state index in [1.807, 2.05) is 66.0 Å². The number of thioether (sulfide) groups is 1. The summed E-state index contributed by atoms with van der Waals surface area (Å²) >= 11 is 1.60. The van der Waals surface area contributed by atoms with Crippen LogP contribution in [0.5, 0.6) is 0 Å². The van der Waals surface area contributed by atoms with Crippen molar-refractivity contribution in [2.45, 2.75) is 124 Å². The van der Waals surface area contributed by atoms with E-state index in [9.17, 15) is 14.4 Å². The van der Waals surface area contributed by atoms with E-state index in [4.69, 9.17) is 4.74 Å². The van der Waals surface area contributed by atoms with E-state index >= 15 is 0 Å². The molecule has 0 saturated heterocycles. The second-order valence-electron chi connectivity index (χ2n) is 11.8. The summed E-state index contributed by atoms with van der Waals surface area (Å²) in [6, 6.07) is 4.24. The zero-order chi connectivity index (χ0) is 29.3.